The molecule has 3 heterocycles. The van der Waals surface area contributed by atoms with E-state index in [9.17, 15) is 13.2 Å². The smallest absolute Gasteiger partial charge is 0.274 e. The Kier molecular flexibility index (Phi) is 3.24. The van der Waals surface area contributed by atoms with Crippen molar-refractivity contribution in [2.24, 2.45) is 0 Å². The van der Waals surface area contributed by atoms with Crippen molar-refractivity contribution in [3.63, 3.8) is 0 Å². The van der Waals surface area contributed by atoms with Gasteiger partial charge in [0.25, 0.3) is 5.91 Å². The van der Waals surface area contributed by atoms with Crippen molar-refractivity contribution in [3.8, 4) is 0 Å². The Balaban J connectivity index is 1.83. The first-order chi connectivity index (χ1) is 9.47. The first kappa shape index (κ1) is 13.5. The first-order valence-electron chi connectivity index (χ1n) is 6.74. The maximum Gasteiger partial charge on any atom is 0.274 e. The lowest BCUT2D eigenvalue weighted by molar-refractivity contribution is 0.0591. The Bertz CT molecular complexity index is 603. The van der Waals surface area contributed by atoms with Gasteiger partial charge < -0.3 is 4.90 Å². The van der Waals surface area contributed by atoms with Crippen molar-refractivity contribution in [2.75, 3.05) is 6.26 Å². The van der Waals surface area contributed by atoms with Crippen LogP contribution < -0.4 is 0 Å². The molecule has 108 valence electrons. The number of nitrogens with zero attached hydrogens (tertiary/aromatic N) is 3. The predicted molar refractivity (Wildman–Crippen MR) is 72.9 cm³/mol. The van der Waals surface area contributed by atoms with Crippen LogP contribution in [0.3, 0.4) is 0 Å². The van der Waals surface area contributed by atoms with E-state index in [1.54, 1.807) is 0 Å². The number of rotatable bonds is 2. The van der Waals surface area contributed by atoms with Crippen LogP contribution in [0.1, 0.15) is 36.2 Å². The Morgan fingerprint density at radius 3 is 2.40 bits per heavy atom. The number of carbonyl (C=O) groups excluding carboxylic acids is 1. The van der Waals surface area contributed by atoms with Gasteiger partial charge in [-0.25, -0.2) is 13.4 Å². The number of hydrogen-bond donors (Lipinski definition) is 0. The maximum atomic E-state index is 12.5. The van der Waals surface area contributed by atoms with Gasteiger partial charge in [-0.05, 0) is 25.7 Å². The van der Waals surface area contributed by atoms with Crippen molar-refractivity contribution in [1.29, 1.82) is 0 Å². The SMILES string of the molecule is CS(=O)(=O)C1CC2CCC(C1)N2C(=O)c1cnccn1. The van der Waals surface area contributed by atoms with E-state index in [2.05, 4.69) is 9.97 Å². The number of piperidine rings is 1. The Morgan fingerprint density at radius 2 is 1.90 bits per heavy atom. The quantitative estimate of drug-likeness (QED) is 0.800. The third-order valence-electron chi connectivity index (χ3n) is 4.31. The van der Waals surface area contributed by atoms with E-state index in [0.717, 1.165) is 12.8 Å². The minimum absolute atomic E-state index is 0.0166. The van der Waals surface area contributed by atoms with Crippen LogP contribution >= 0.6 is 0 Å². The molecule has 3 rings (SSSR count). The number of carbonyl (C=O) groups is 1. The monoisotopic (exact) mass is 295 g/mol. The van der Waals surface area contributed by atoms with Gasteiger partial charge in [0.1, 0.15) is 15.5 Å². The van der Waals surface area contributed by atoms with Crippen LogP contribution in [0, 0.1) is 0 Å². The van der Waals surface area contributed by atoms with Crippen LogP contribution in [0.15, 0.2) is 18.6 Å². The zero-order chi connectivity index (χ0) is 14.3. The molecular weight excluding hydrogens is 278 g/mol. The van der Waals surface area contributed by atoms with Crippen LogP contribution in [0.4, 0.5) is 0 Å². The Labute approximate surface area is 118 Å². The van der Waals surface area contributed by atoms with Gasteiger partial charge in [0.05, 0.1) is 11.4 Å². The second kappa shape index (κ2) is 4.80. The summed E-state index contributed by atoms with van der Waals surface area (Å²) in [6.45, 7) is 0. The fraction of sp³-hybridized carbons (Fsp3) is 0.615. The summed E-state index contributed by atoms with van der Waals surface area (Å²) in [6, 6.07) is 0.0333. The van der Waals surface area contributed by atoms with Gasteiger partial charge in [-0.2, -0.15) is 0 Å². The molecule has 2 unspecified atom stereocenters. The van der Waals surface area contributed by atoms with E-state index in [1.165, 1.54) is 24.8 Å². The fourth-order valence-corrected chi connectivity index (χ4v) is 4.49. The Morgan fingerprint density at radius 1 is 1.25 bits per heavy atom. The molecule has 20 heavy (non-hydrogen) atoms. The maximum absolute atomic E-state index is 12.5. The van der Waals surface area contributed by atoms with Crippen molar-refractivity contribution in [3.05, 3.63) is 24.3 Å². The summed E-state index contributed by atoms with van der Waals surface area (Å²) in [4.78, 5) is 22.3. The average Bonchev–Trinajstić information content (AvgIpc) is 2.67. The molecule has 1 aromatic heterocycles. The molecule has 0 aliphatic carbocycles. The highest BCUT2D eigenvalue weighted by molar-refractivity contribution is 7.91. The lowest BCUT2D eigenvalue weighted by atomic mass is 10.0. The third kappa shape index (κ3) is 2.30. The fourth-order valence-electron chi connectivity index (χ4n) is 3.35. The van der Waals surface area contributed by atoms with Crippen molar-refractivity contribution in [2.45, 2.75) is 43.0 Å². The summed E-state index contributed by atoms with van der Waals surface area (Å²) >= 11 is 0. The van der Waals surface area contributed by atoms with Gasteiger partial charge in [-0.15, -0.1) is 0 Å². The summed E-state index contributed by atoms with van der Waals surface area (Å²) in [5, 5.41) is -0.314. The van der Waals surface area contributed by atoms with Crippen molar-refractivity contribution >= 4 is 15.7 Å². The topological polar surface area (TPSA) is 80.2 Å². The number of sulfone groups is 1. The first-order valence-corrected chi connectivity index (χ1v) is 8.70. The van der Waals surface area contributed by atoms with Crippen LogP contribution in [0.2, 0.25) is 0 Å². The van der Waals surface area contributed by atoms with Crippen molar-refractivity contribution < 1.29 is 13.2 Å². The summed E-state index contributed by atoms with van der Waals surface area (Å²) in [5.41, 5.74) is 0.335. The highest BCUT2D eigenvalue weighted by Crippen LogP contribution is 2.38. The van der Waals surface area contributed by atoms with Crippen LogP contribution in [-0.2, 0) is 9.84 Å². The molecule has 2 fully saturated rings. The van der Waals surface area contributed by atoms with Crippen LogP contribution in [0.5, 0.6) is 0 Å². The highest BCUT2D eigenvalue weighted by Gasteiger charge is 2.46. The molecule has 0 aromatic carbocycles. The zero-order valence-corrected chi connectivity index (χ0v) is 12.1. The van der Waals surface area contributed by atoms with E-state index in [4.69, 9.17) is 0 Å². The molecule has 2 atom stereocenters. The molecule has 0 N–H and O–H groups in total. The Hall–Kier alpha value is -1.50. The molecule has 6 nitrogen and oxygen atoms in total. The van der Waals surface area contributed by atoms with E-state index < -0.39 is 9.84 Å². The van der Waals surface area contributed by atoms with E-state index >= 15 is 0 Å². The largest absolute Gasteiger partial charge is 0.331 e. The lowest BCUT2D eigenvalue weighted by Gasteiger charge is -2.38. The van der Waals surface area contributed by atoms with Crippen molar-refractivity contribution in [1.82, 2.24) is 14.9 Å². The lowest BCUT2D eigenvalue weighted by Crippen LogP contribution is -2.49. The molecule has 2 aliphatic heterocycles. The minimum Gasteiger partial charge on any atom is -0.331 e. The van der Waals surface area contributed by atoms with Gasteiger partial charge in [0.15, 0.2) is 0 Å². The standard InChI is InChI=1S/C13H17N3O3S/c1-20(18,19)11-6-9-2-3-10(7-11)16(9)13(17)12-8-14-4-5-15-12/h4-5,8-11H,2-3,6-7H2,1H3. The molecule has 2 saturated heterocycles. The normalized spacial score (nSPS) is 29.4. The molecule has 2 bridgehead atoms. The van der Waals surface area contributed by atoms with Gasteiger partial charge in [-0.3, -0.25) is 9.78 Å². The summed E-state index contributed by atoms with van der Waals surface area (Å²) in [6.07, 6.45) is 8.62. The van der Waals surface area contributed by atoms with Gasteiger partial charge >= 0.3 is 0 Å². The third-order valence-corrected chi connectivity index (χ3v) is 5.91. The van der Waals surface area contributed by atoms with E-state index in [1.807, 2.05) is 4.90 Å². The van der Waals surface area contributed by atoms with E-state index in [-0.39, 0.29) is 23.2 Å². The number of fused-ring (bicyclic) bond motifs is 2. The van der Waals surface area contributed by atoms with E-state index in [0.29, 0.717) is 18.5 Å². The van der Waals surface area contributed by atoms with Gasteiger partial charge in [0, 0.05) is 30.7 Å². The number of amides is 1. The zero-order valence-electron chi connectivity index (χ0n) is 11.3. The molecule has 2 aliphatic rings. The molecule has 0 spiro atoms. The predicted octanol–water partition coefficient (Wildman–Crippen LogP) is 0.657. The molecule has 0 radical (unpaired) electrons. The molecule has 1 aromatic rings. The number of aromatic nitrogens is 2. The van der Waals surface area contributed by atoms with Gasteiger partial charge in [0.2, 0.25) is 0 Å². The average molecular weight is 295 g/mol. The second-order valence-corrected chi connectivity index (χ2v) is 7.94. The minimum atomic E-state index is -3.03. The highest BCUT2D eigenvalue weighted by atomic mass is 32.2. The summed E-state index contributed by atoms with van der Waals surface area (Å²) in [7, 11) is -3.03. The number of hydrogen-bond acceptors (Lipinski definition) is 5. The molecule has 7 heteroatoms. The second-order valence-electron chi connectivity index (χ2n) is 5.61. The van der Waals surface area contributed by atoms with Crippen LogP contribution in [-0.4, -0.2) is 52.8 Å². The molecule has 0 saturated carbocycles. The molecule has 1 amide bonds. The summed E-state index contributed by atoms with van der Waals surface area (Å²) in [5.74, 6) is -0.127. The summed E-state index contributed by atoms with van der Waals surface area (Å²) < 4.78 is 23.5. The van der Waals surface area contributed by atoms with Gasteiger partial charge in [-0.1, -0.05) is 0 Å². The molecular formula is C13H17N3O3S. The van der Waals surface area contributed by atoms with Crippen LogP contribution in [0.25, 0.3) is 0 Å².